The summed E-state index contributed by atoms with van der Waals surface area (Å²) < 4.78 is 44.3. The second-order valence-corrected chi connectivity index (χ2v) is 8.12. The Labute approximate surface area is 224 Å². The molecule has 1 aliphatic rings. The molecule has 1 aromatic carbocycles. The van der Waals surface area contributed by atoms with Gasteiger partial charge in [0.25, 0.3) is 0 Å². The number of azide groups is 1. The minimum atomic E-state index is -1.49. The van der Waals surface area contributed by atoms with Gasteiger partial charge in [0.1, 0.15) is 12.7 Å². The number of hydrogen-bond acceptors (Lipinski definition) is 13. The van der Waals surface area contributed by atoms with Crippen molar-refractivity contribution in [1.29, 1.82) is 0 Å². The zero-order valence-electron chi connectivity index (χ0n) is 22.2. The van der Waals surface area contributed by atoms with Crippen molar-refractivity contribution < 1.29 is 57.1 Å². The first-order valence-electron chi connectivity index (χ1n) is 11.8. The lowest BCUT2D eigenvalue weighted by molar-refractivity contribution is -0.289. The molecule has 15 nitrogen and oxygen atoms in total. The average Bonchev–Trinajstić information content (AvgIpc) is 2.88. The lowest BCUT2D eigenvalue weighted by atomic mass is 9.98. The van der Waals surface area contributed by atoms with Crippen LogP contribution in [0.2, 0.25) is 0 Å². The number of carbonyl (C=O) groups is 4. The molecule has 0 aromatic heterocycles. The van der Waals surface area contributed by atoms with Crippen LogP contribution in [0.1, 0.15) is 33.6 Å². The van der Waals surface area contributed by atoms with E-state index in [2.05, 4.69) is 10.0 Å². The molecular weight excluding hydrogens is 522 g/mol. The van der Waals surface area contributed by atoms with Crippen molar-refractivity contribution in [2.24, 2.45) is 5.11 Å². The lowest BCUT2D eigenvalue weighted by Gasteiger charge is -2.44. The second-order valence-electron chi connectivity index (χ2n) is 8.12. The third kappa shape index (κ3) is 9.23. The van der Waals surface area contributed by atoms with Crippen LogP contribution in [-0.2, 0) is 42.9 Å². The van der Waals surface area contributed by atoms with Crippen LogP contribution in [0.4, 0.5) is 0 Å². The first-order chi connectivity index (χ1) is 18.6. The molecule has 1 fully saturated rings. The summed E-state index contributed by atoms with van der Waals surface area (Å²) in [5, 5.41) is 3.37. The Balaban J connectivity index is 2.54. The Morgan fingerprint density at radius 1 is 0.923 bits per heavy atom. The fourth-order valence-electron chi connectivity index (χ4n) is 3.69. The topological polar surface area (TPSA) is 191 Å². The largest absolute Gasteiger partial charge is 0.493 e. The van der Waals surface area contributed by atoms with E-state index in [4.69, 9.17) is 43.4 Å². The molecule has 0 unspecified atom stereocenters. The van der Waals surface area contributed by atoms with Crippen LogP contribution in [-0.4, -0.2) is 82.0 Å². The third-order valence-corrected chi connectivity index (χ3v) is 5.23. The fourth-order valence-corrected chi connectivity index (χ4v) is 3.69. The van der Waals surface area contributed by atoms with Gasteiger partial charge in [0.2, 0.25) is 18.1 Å². The summed E-state index contributed by atoms with van der Waals surface area (Å²) in [6, 6.07) is 4.81. The number of methoxy groups -OCH3 is 2. The highest BCUT2D eigenvalue weighted by atomic mass is 16.7. The number of nitrogens with zero attached hydrogens (tertiary/aromatic N) is 3. The van der Waals surface area contributed by atoms with Gasteiger partial charge in [-0.2, -0.15) is 0 Å². The zero-order valence-corrected chi connectivity index (χ0v) is 22.2. The van der Waals surface area contributed by atoms with Crippen LogP contribution >= 0.6 is 0 Å². The van der Waals surface area contributed by atoms with Crippen LogP contribution < -0.4 is 14.2 Å². The van der Waals surface area contributed by atoms with E-state index >= 15 is 0 Å². The molecule has 1 saturated heterocycles. The van der Waals surface area contributed by atoms with Crippen LogP contribution in [0, 0.1) is 0 Å². The molecule has 0 aliphatic carbocycles. The van der Waals surface area contributed by atoms with Crippen molar-refractivity contribution in [2.45, 2.75) is 64.3 Å². The molecule has 0 N–H and O–H groups in total. The van der Waals surface area contributed by atoms with E-state index in [1.165, 1.54) is 21.1 Å². The molecule has 214 valence electrons. The second kappa shape index (κ2) is 15.2. The minimum Gasteiger partial charge on any atom is -0.493 e. The SMILES string of the molecule is COc1cccc(OC)c1O[C@@H]1O[C@H](COC(C)=O)[C@@H](OC(C)=O)[C@H](OC(C)=O)[C@H]1OC(=O)CCCN=[N+]=[N-]. The fraction of sp³-hybridized carbons (Fsp3) is 0.583. The van der Waals surface area contributed by atoms with Crippen molar-refractivity contribution in [3.8, 4) is 17.2 Å². The maximum Gasteiger partial charge on any atom is 0.306 e. The summed E-state index contributed by atoms with van der Waals surface area (Å²) >= 11 is 0. The van der Waals surface area contributed by atoms with Crippen LogP contribution in [0.3, 0.4) is 0 Å². The zero-order chi connectivity index (χ0) is 28.9. The summed E-state index contributed by atoms with van der Waals surface area (Å²) in [5.41, 5.74) is 8.44. The molecule has 0 amide bonds. The monoisotopic (exact) mass is 553 g/mol. The molecule has 0 radical (unpaired) electrons. The van der Waals surface area contributed by atoms with Gasteiger partial charge in [-0.25, -0.2) is 0 Å². The van der Waals surface area contributed by atoms with Crippen LogP contribution in [0.15, 0.2) is 23.3 Å². The average molecular weight is 554 g/mol. The highest BCUT2D eigenvalue weighted by Crippen LogP contribution is 2.40. The maximum atomic E-state index is 12.7. The predicted molar refractivity (Wildman–Crippen MR) is 130 cm³/mol. The first kappa shape index (κ1) is 31.0. The summed E-state index contributed by atoms with van der Waals surface area (Å²) in [7, 11) is 2.79. The predicted octanol–water partition coefficient (Wildman–Crippen LogP) is 2.24. The molecule has 1 heterocycles. The van der Waals surface area contributed by atoms with Gasteiger partial charge >= 0.3 is 23.9 Å². The highest BCUT2D eigenvalue weighted by molar-refractivity contribution is 5.70. The van der Waals surface area contributed by atoms with Gasteiger partial charge in [-0.05, 0) is 24.1 Å². The molecule has 0 saturated carbocycles. The Morgan fingerprint density at radius 3 is 2.08 bits per heavy atom. The Kier molecular flexibility index (Phi) is 12.1. The number of esters is 4. The number of rotatable bonds is 13. The van der Waals surface area contributed by atoms with E-state index in [-0.39, 0.29) is 36.6 Å². The number of benzene rings is 1. The Bertz CT molecular complexity index is 1050. The smallest absolute Gasteiger partial charge is 0.306 e. The van der Waals surface area contributed by atoms with E-state index in [9.17, 15) is 19.2 Å². The van der Waals surface area contributed by atoms with Gasteiger partial charge in [0.05, 0.1) is 14.2 Å². The van der Waals surface area contributed by atoms with Gasteiger partial charge in [-0.3, -0.25) is 19.2 Å². The quantitative estimate of drug-likeness (QED) is 0.0865. The molecule has 1 aliphatic heterocycles. The van der Waals surface area contributed by atoms with E-state index < -0.39 is 61.2 Å². The minimum absolute atomic E-state index is 0.0407. The summed E-state index contributed by atoms with van der Waals surface area (Å²) in [6.45, 7) is 3.02. The Morgan fingerprint density at radius 2 is 1.54 bits per heavy atom. The normalized spacial score (nSPS) is 21.9. The van der Waals surface area contributed by atoms with Gasteiger partial charge in [0, 0.05) is 38.6 Å². The molecule has 0 spiro atoms. The van der Waals surface area contributed by atoms with Gasteiger partial charge in [-0.1, -0.05) is 11.2 Å². The number of ether oxygens (including phenoxy) is 8. The van der Waals surface area contributed by atoms with Crippen LogP contribution in [0.5, 0.6) is 17.2 Å². The van der Waals surface area contributed by atoms with E-state index in [0.29, 0.717) is 0 Å². The van der Waals surface area contributed by atoms with Gasteiger partial charge < -0.3 is 37.9 Å². The van der Waals surface area contributed by atoms with Crippen molar-refractivity contribution >= 4 is 23.9 Å². The number of para-hydroxylation sites is 1. The molecule has 1 aromatic rings. The number of carbonyl (C=O) groups excluding carboxylic acids is 4. The number of hydrogen-bond donors (Lipinski definition) is 0. The molecule has 15 heteroatoms. The molecule has 0 bridgehead atoms. The van der Waals surface area contributed by atoms with Crippen molar-refractivity contribution in [1.82, 2.24) is 0 Å². The summed E-state index contributed by atoms with van der Waals surface area (Å²) in [4.78, 5) is 51.0. The van der Waals surface area contributed by atoms with Crippen molar-refractivity contribution in [2.75, 3.05) is 27.4 Å². The third-order valence-electron chi connectivity index (χ3n) is 5.23. The lowest BCUT2D eigenvalue weighted by Crippen LogP contribution is -2.63. The Hall–Kier alpha value is -4.23. The molecular formula is C24H31N3O12. The first-order valence-corrected chi connectivity index (χ1v) is 11.8. The van der Waals surface area contributed by atoms with E-state index in [1.807, 2.05) is 0 Å². The standard InChI is InChI=1S/C24H31N3O12/c1-13(28)34-12-18-21(35-14(2)29)22(36-15(3)30)23(38-19(31)10-7-11-26-27-25)24(37-18)39-20-16(32-4)8-6-9-17(20)33-5/h6,8-9,18,21-24H,7,10-12H2,1-5H3/t18-,21-,22+,23-,24+/m1/s1. The van der Waals surface area contributed by atoms with Crippen molar-refractivity contribution in [3.63, 3.8) is 0 Å². The highest BCUT2D eigenvalue weighted by Gasteiger charge is 2.53. The van der Waals surface area contributed by atoms with Crippen LogP contribution in [0.25, 0.3) is 10.4 Å². The maximum absolute atomic E-state index is 12.7. The van der Waals surface area contributed by atoms with E-state index in [1.54, 1.807) is 18.2 Å². The molecule has 5 atom stereocenters. The van der Waals surface area contributed by atoms with Crippen molar-refractivity contribution in [3.05, 3.63) is 28.6 Å². The summed E-state index contributed by atoms with van der Waals surface area (Å²) in [5.74, 6) is -2.44. The van der Waals surface area contributed by atoms with E-state index in [0.717, 1.165) is 13.8 Å². The summed E-state index contributed by atoms with van der Waals surface area (Å²) in [6.07, 6.45) is -6.96. The molecule has 39 heavy (non-hydrogen) atoms. The molecule has 2 rings (SSSR count). The van der Waals surface area contributed by atoms with Gasteiger partial charge in [0.15, 0.2) is 23.7 Å². The van der Waals surface area contributed by atoms with Gasteiger partial charge in [-0.15, -0.1) is 0 Å².